The molecule has 1 saturated heterocycles. The Bertz CT molecular complexity index is 694. The van der Waals surface area contributed by atoms with Crippen LogP contribution in [0.25, 0.3) is 11.0 Å². The van der Waals surface area contributed by atoms with E-state index in [1.165, 1.54) is 18.5 Å². The summed E-state index contributed by atoms with van der Waals surface area (Å²) < 4.78 is 6.33. The molecule has 7 nitrogen and oxygen atoms in total. The van der Waals surface area contributed by atoms with Gasteiger partial charge in [-0.2, -0.15) is 0 Å². The van der Waals surface area contributed by atoms with Crippen molar-refractivity contribution >= 4 is 34.2 Å². The summed E-state index contributed by atoms with van der Waals surface area (Å²) in [4.78, 5) is 4.05. The average Bonchev–Trinajstić information content (AvgIpc) is 2.95. The zero-order chi connectivity index (χ0) is 15.4. The van der Waals surface area contributed by atoms with Gasteiger partial charge in [0.15, 0.2) is 6.10 Å². The van der Waals surface area contributed by atoms with E-state index >= 15 is 0 Å². The van der Waals surface area contributed by atoms with Gasteiger partial charge in [0, 0.05) is 0 Å². The number of fused-ring (bicyclic) bond motifs is 1. The fraction of sp³-hybridized carbons (Fsp3) is 0.417. The van der Waals surface area contributed by atoms with Gasteiger partial charge in [0.1, 0.15) is 18.5 Å². The van der Waals surface area contributed by atoms with Crippen molar-refractivity contribution in [2.45, 2.75) is 24.2 Å². The molecule has 1 aromatic carbocycles. The van der Waals surface area contributed by atoms with Crippen LogP contribution in [0.3, 0.4) is 0 Å². The summed E-state index contributed by atoms with van der Waals surface area (Å²) in [7, 11) is 0. The Morgan fingerprint density at radius 3 is 2.57 bits per heavy atom. The standard InChI is InChI=1S/C12H12Cl2N2O5/c13-5-1-7-8(2-6(5)14)16(4-15-7)12(20)11(19)10(18)9(3-17)21-12/h1-2,4,9-11,17-20H,3H2/t9-,10-,11-,12?/m1/s1. The molecule has 2 heterocycles. The first-order valence-electron chi connectivity index (χ1n) is 6.08. The summed E-state index contributed by atoms with van der Waals surface area (Å²) in [5, 5.41) is 40.0. The fourth-order valence-corrected chi connectivity index (χ4v) is 2.71. The van der Waals surface area contributed by atoms with Gasteiger partial charge in [-0.25, -0.2) is 4.98 Å². The van der Waals surface area contributed by atoms with Gasteiger partial charge >= 0.3 is 0 Å². The SMILES string of the molecule is OC[C@H]1OC(O)(n2cnc3cc(Cl)c(Cl)cc32)[C@H](O)[C@@H]1O. The second-order valence-electron chi connectivity index (χ2n) is 4.80. The summed E-state index contributed by atoms with van der Waals surface area (Å²) in [5.41, 5.74) is 0.785. The minimum Gasteiger partial charge on any atom is -0.394 e. The van der Waals surface area contributed by atoms with E-state index in [9.17, 15) is 15.3 Å². The first-order valence-corrected chi connectivity index (χ1v) is 6.84. The highest BCUT2D eigenvalue weighted by Gasteiger charge is 2.55. The number of hydrogen-bond donors (Lipinski definition) is 4. The van der Waals surface area contributed by atoms with E-state index < -0.39 is 30.8 Å². The molecule has 1 unspecified atom stereocenters. The molecule has 21 heavy (non-hydrogen) atoms. The van der Waals surface area contributed by atoms with Crippen molar-refractivity contribution in [3.63, 3.8) is 0 Å². The molecule has 0 saturated carbocycles. The molecule has 3 rings (SSSR count). The lowest BCUT2D eigenvalue weighted by Gasteiger charge is -2.27. The summed E-state index contributed by atoms with van der Waals surface area (Å²) >= 11 is 11.8. The van der Waals surface area contributed by atoms with Crippen LogP contribution in [0.15, 0.2) is 18.5 Å². The summed E-state index contributed by atoms with van der Waals surface area (Å²) in [6.07, 6.45) is -3.00. The van der Waals surface area contributed by atoms with Gasteiger partial charge in [0.05, 0.1) is 27.7 Å². The largest absolute Gasteiger partial charge is 0.394 e. The predicted octanol–water partition coefficient (Wildman–Crippen LogP) is 0.0586. The Kier molecular flexibility index (Phi) is 3.61. The van der Waals surface area contributed by atoms with Crippen molar-refractivity contribution in [2.24, 2.45) is 0 Å². The first-order chi connectivity index (χ1) is 9.88. The highest BCUT2D eigenvalue weighted by molar-refractivity contribution is 6.42. The number of aromatic nitrogens is 2. The Labute approximate surface area is 128 Å². The second kappa shape index (κ2) is 5.06. The number of imidazole rings is 1. The molecule has 9 heteroatoms. The Morgan fingerprint density at radius 1 is 1.29 bits per heavy atom. The number of hydrogen-bond acceptors (Lipinski definition) is 6. The highest BCUT2D eigenvalue weighted by Crippen LogP contribution is 2.37. The molecule has 1 fully saturated rings. The van der Waals surface area contributed by atoms with Crippen LogP contribution in [0.2, 0.25) is 10.0 Å². The van der Waals surface area contributed by atoms with Gasteiger partial charge in [0.2, 0.25) is 0 Å². The van der Waals surface area contributed by atoms with E-state index in [4.69, 9.17) is 33.0 Å². The zero-order valence-corrected chi connectivity index (χ0v) is 12.0. The smallest absolute Gasteiger partial charge is 0.285 e. The van der Waals surface area contributed by atoms with Crippen LogP contribution >= 0.6 is 23.2 Å². The van der Waals surface area contributed by atoms with Crippen LogP contribution in [0, 0.1) is 0 Å². The molecular weight excluding hydrogens is 323 g/mol. The molecule has 4 atom stereocenters. The molecule has 1 aliphatic heterocycles. The van der Waals surface area contributed by atoms with E-state index in [1.807, 2.05) is 0 Å². The summed E-state index contributed by atoms with van der Waals surface area (Å²) in [5.74, 6) is -2.27. The molecule has 0 amide bonds. The lowest BCUT2D eigenvalue weighted by Crippen LogP contribution is -2.45. The summed E-state index contributed by atoms with van der Waals surface area (Å²) in [6, 6.07) is 2.96. The number of aliphatic hydroxyl groups is 4. The van der Waals surface area contributed by atoms with Crippen molar-refractivity contribution in [3.8, 4) is 0 Å². The maximum absolute atomic E-state index is 10.6. The summed E-state index contributed by atoms with van der Waals surface area (Å²) in [6.45, 7) is -0.556. The van der Waals surface area contributed by atoms with Gasteiger partial charge in [-0.3, -0.25) is 4.57 Å². The van der Waals surface area contributed by atoms with Gasteiger partial charge in [-0.1, -0.05) is 23.2 Å². The number of aliphatic hydroxyl groups excluding tert-OH is 3. The van der Waals surface area contributed by atoms with Crippen molar-refractivity contribution in [3.05, 3.63) is 28.5 Å². The molecule has 0 spiro atoms. The molecule has 0 aliphatic carbocycles. The Hall–Kier alpha value is -0.930. The van der Waals surface area contributed by atoms with E-state index in [0.29, 0.717) is 16.1 Å². The molecule has 2 aromatic rings. The number of rotatable bonds is 2. The number of benzene rings is 1. The number of halogens is 2. The van der Waals surface area contributed by atoms with Crippen LogP contribution in [0.5, 0.6) is 0 Å². The van der Waals surface area contributed by atoms with Gasteiger partial charge in [-0.15, -0.1) is 0 Å². The van der Waals surface area contributed by atoms with E-state index in [-0.39, 0.29) is 5.02 Å². The molecular formula is C12H12Cl2N2O5. The maximum atomic E-state index is 10.6. The van der Waals surface area contributed by atoms with E-state index in [0.717, 1.165) is 4.57 Å². The van der Waals surface area contributed by atoms with E-state index in [1.54, 1.807) is 0 Å². The molecule has 0 bridgehead atoms. The van der Waals surface area contributed by atoms with Gasteiger partial charge in [0.25, 0.3) is 5.91 Å². The first kappa shape index (κ1) is 15.0. The topological polar surface area (TPSA) is 108 Å². The van der Waals surface area contributed by atoms with Crippen molar-refractivity contribution < 1.29 is 25.2 Å². The molecule has 1 aromatic heterocycles. The van der Waals surface area contributed by atoms with Crippen LogP contribution in [-0.2, 0) is 10.6 Å². The van der Waals surface area contributed by atoms with Crippen molar-refractivity contribution in [2.75, 3.05) is 6.61 Å². The van der Waals surface area contributed by atoms with Gasteiger partial charge in [-0.05, 0) is 12.1 Å². The molecule has 1 aliphatic rings. The third kappa shape index (κ3) is 2.13. The second-order valence-corrected chi connectivity index (χ2v) is 5.62. The minimum absolute atomic E-state index is 0.237. The quantitative estimate of drug-likeness (QED) is 0.618. The maximum Gasteiger partial charge on any atom is 0.285 e. The highest BCUT2D eigenvalue weighted by atomic mass is 35.5. The van der Waals surface area contributed by atoms with Crippen molar-refractivity contribution in [1.82, 2.24) is 9.55 Å². The van der Waals surface area contributed by atoms with Crippen LogP contribution < -0.4 is 0 Å². The van der Waals surface area contributed by atoms with Crippen LogP contribution in [-0.4, -0.2) is 54.9 Å². The molecule has 114 valence electrons. The number of ether oxygens (including phenoxy) is 1. The normalized spacial score (nSPS) is 33.0. The minimum atomic E-state index is -2.27. The van der Waals surface area contributed by atoms with Crippen LogP contribution in [0.1, 0.15) is 0 Å². The Morgan fingerprint density at radius 2 is 1.95 bits per heavy atom. The molecule has 0 radical (unpaired) electrons. The van der Waals surface area contributed by atoms with Gasteiger partial charge < -0.3 is 25.2 Å². The lowest BCUT2D eigenvalue weighted by atomic mass is 10.1. The zero-order valence-electron chi connectivity index (χ0n) is 10.5. The van der Waals surface area contributed by atoms with Crippen molar-refractivity contribution in [1.29, 1.82) is 0 Å². The average molecular weight is 335 g/mol. The van der Waals surface area contributed by atoms with Crippen LogP contribution in [0.4, 0.5) is 0 Å². The number of nitrogens with zero attached hydrogens (tertiary/aromatic N) is 2. The Balaban J connectivity index is 2.14. The van der Waals surface area contributed by atoms with E-state index in [2.05, 4.69) is 4.98 Å². The third-order valence-electron chi connectivity index (χ3n) is 3.53. The molecule has 4 N–H and O–H groups in total. The third-order valence-corrected chi connectivity index (χ3v) is 4.25. The lowest BCUT2D eigenvalue weighted by molar-refractivity contribution is -0.286. The monoisotopic (exact) mass is 334 g/mol. The fourth-order valence-electron chi connectivity index (χ4n) is 2.39. The predicted molar refractivity (Wildman–Crippen MR) is 73.9 cm³/mol.